The number of rotatable bonds is 0. The number of hydrogen-bond acceptors (Lipinski definition) is 5. The number of nitrogens with two attached hydrogens (primary N) is 1. The zero-order valence-electron chi connectivity index (χ0n) is 11.4. The zero-order valence-corrected chi connectivity index (χ0v) is 11.4. The van der Waals surface area contributed by atoms with Gasteiger partial charge >= 0.3 is 0 Å². The van der Waals surface area contributed by atoms with E-state index in [1.807, 2.05) is 13.8 Å². The number of aromatic amines is 1. The SMILES string of the molecule is Cc1c2n(c3nc(N)[nH]c4nnc1c43)C[C@@](C)(O)CC2. The first-order valence-corrected chi connectivity index (χ1v) is 6.68. The summed E-state index contributed by atoms with van der Waals surface area (Å²) < 4.78 is 2.06. The molecule has 4 heterocycles. The molecule has 7 nitrogen and oxygen atoms in total. The molecule has 3 aromatic rings. The van der Waals surface area contributed by atoms with Crippen LogP contribution in [0.4, 0.5) is 5.95 Å². The third-order valence-corrected chi connectivity index (χ3v) is 4.19. The summed E-state index contributed by atoms with van der Waals surface area (Å²) >= 11 is 0. The molecule has 0 radical (unpaired) electrons. The number of anilines is 1. The lowest BCUT2D eigenvalue weighted by atomic mass is 9.92. The summed E-state index contributed by atoms with van der Waals surface area (Å²) in [6.07, 6.45) is 1.53. The van der Waals surface area contributed by atoms with E-state index < -0.39 is 5.60 Å². The zero-order chi connectivity index (χ0) is 14.1. The number of H-pyrrole nitrogens is 1. The summed E-state index contributed by atoms with van der Waals surface area (Å²) in [4.78, 5) is 7.35. The van der Waals surface area contributed by atoms with Crippen LogP contribution in [0.5, 0.6) is 0 Å². The summed E-state index contributed by atoms with van der Waals surface area (Å²) in [6.45, 7) is 4.41. The minimum absolute atomic E-state index is 0.308. The molecule has 0 spiro atoms. The third kappa shape index (κ3) is 1.41. The fourth-order valence-corrected chi connectivity index (χ4v) is 3.16. The second kappa shape index (κ2) is 3.49. The Kier molecular flexibility index (Phi) is 2.03. The molecule has 1 atom stereocenters. The molecule has 20 heavy (non-hydrogen) atoms. The smallest absolute Gasteiger partial charge is 0.201 e. The van der Waals surface area contributed by atoms with Gasteiger partial charge in [-0.1, -0.05) is 0 Å². The quantitative estimate of drug-likeness (QED) is 0.563. The molecule has 0 amide bonds. The molecule has 7 heteroatoms. The molecule has 4 rings (SSSR count). The Hall–Kier alpha value is -2.15. The van der Waals surface area contributed by atoms with Crippen LogP contribution < -0.4 is 5.73 Å². The Labute approximate surface area is 114 Å². The van der Waals surface area contributed by atoms with Gasteiger partial charge in [0.2, 0.25) is 5.95 Å². The number of aliphatic hydroxyl groups is 1. The van der Waals surface area contributed by atoms with E-state index in [0.717, 1.165) is 40.6 Å². The van der Waals surface area contributed by atoms with Gasteiger partial charge in [0, 0.05) is 5.69 Å². The minimum atomic E-state index is -0.725. The highest BCUT2D eigenvalue weighted by atomic mass is 16.3. The van der Waals surface area contributed by atoms with Gasteiger partial charge in [-0.2, -0.15) is 4.98 Å². The summed E-state index contributed by atoms with van der Waals surface area (Å²) in [5.41, 5.74) is 9.62. The maximum absolute atomic E-state index is 10.4. The van der Waals surface area contributed by atoms with E-state index in [-0.39, 0.29) is 0 Å². The number of fused-ring (bicyclic) bond motifs is 2. The summed E-state index contributed by atoms with van der Waals surface area (Å²) in [5.74, 6) is 0.308. The van der Waals surface area contributed by atoms with Crippen LogP contribution in [-0.2, 0) is 13.0 Å². The molecule has 1 aliphatic heterocycles. The second-order valence-electron chi connectivity index (χ2n) is 5.87. The number of aryl methyl sites for hydroxylation is 1. The normalized spacial score (nSPS) is 22.6. The van der Waals surface area contributed by atoms with Crippen LogP contribution >= 0.6 is 0 Å². The topological polar surface area (TPSA) is 106 Å². The van der Waals surface area contributed by atoms with E-state index in [2.05, 4.69) is 24.7 Å². The van der Waals surface area contributed by atoms with Crippen molar-refractivity contribution in [3.8, 4) is 0 Å². The van der Waals surface area contributed by atoms with Gasteiger partial charge in [0.25, 0.3) is 0 Å². The van der Waals surface area contributed by atoms with Crippen LogP contribution in [0.15, 0.2) is 0 Å². The summed E-state index contributed by atoms with van der Waals surface area (Å²) in [7, 11) is 0. The summed E-state index contributed by atoms with van der Waals surface area (Å²) in [6, 6.07) is 0. The first kappa shape index (κ1) is 11.7. The number of pyridine rings is 1. The minimum Gasteiger partial charge on any atom is -0.388 e. The molecule has 0 saturated heterocycles. The Morgan fingerprint density at radius 1 is 1.40 bits per heavy atom. The van der Waals surface area contributed by atoms with Crippen molar-refractivity contribution in [1.29, 1.82) is 0 Å². The molecule has 0 saturated carbocycles. The van der Waals surface area contributed by atoms with Crippen LogP contribution in [0.1, 0.15) is 24.6 Å². The largest absolute Gasteiger partial charge is 0.388 e. The Bertz CT molecular complexity index is 844. The van der Waals surface area contributed by atoms with E-state index in [9.17, 15) is 5.11 Å². The molecule has 0 bridgehead atoms. The van der Waals surface area contributed by atoms with E-state index in [4.69, 9.17) is 5.73 Å². The molecule has 1 aliphatic rings. The van der Waals surface area contributed by atoms with Gasteiger partial charge in [0.1, 0.15) is 11.2 Å². The van der Waals surface area contributed by atoms with Crippen LogP contribution in [0.25, 0.3) is 22.2 Å². The Balaban J connectivity index is 2.19. The van der Waals surface area contributed by atoms with Crippen molar-refractivity contribution >= 4 is 28.1 Å². The molecule has 0 aromatic carbocycles. The van der Waals surface area contributed by atoms with E-state index in [1.165, 1.54) is 0 Å². The molecule has 3 aromatic heterocycles. The average Bonchev–Trinajstić information content (AvgIpc) is 2.78. The van der Waals surface area contributed by atoms with Crippen molar-refractivity contribution in [2.24, 2.45) is 0 Å². The second-order valence-corrected chi connectivity index (χ2v) is 5.87. The number of aromatic nitrogens is 5. The molecule has 0 unspecified atom stereocenters. The maximum atomic E-state index is 10.4. The van der Waals surface area contributed by atoms with Gasteiger partial charge in [-0.15, -0.1) is 10.2 Å². The van der Waals surface area contributed by atoms with Crippen molar-refractivity contribution < 1.29 is 5.11 Å². The fraction of sp³-hybridized carbons (Fsp3) is 0.462. The standard InChI is InChI=1S/C13H16N6O/c1-6-7-3-4-13(2,20)5-19(7)11-8-9(6)17-18-10(8)15-12(14)16-11/h20H,3-5H2,1-2H3,(H3,14,15,16,17,18)/t13-/m0/s1. The molecule has 0 fully saturated rings. The monoisotopic (exact) mass is 272 g/mol. The average molecular weight is 272 g/mol. The first-order chi connectivity index (χ1) is 9.46. The van der Waals surface area contributed by atoms with Gasteiger partial charge in [0.05, 0.1) is 17.5 Å². The van der Waals surface area contributed by atoms with Gasteiger partial charge in [0.15, 0.2) is 5.65 Å². The highest BCUT2D eigenvalue weighted by molar-refractivity contribution is 6.04. The lowest BCUT2D eigenvalue weighted by molar-refractivity contribution is 0.0232. The van der Waals surface area contributed by atoms with Gasteiger partial charge in [-0.25, -0.2) is 0 Å². The lowest BCUT2D eigenvalue weighted by Crippen LogP contribution is -2.37. The van der Waals surface area contributed by atoms with Crippen LogP contribution in [-0.4, -0.2) is 35.4 Å². The summed E-state index contributed by atoms with van der Waals surface area (Å²) in [5, 5.41) is 19.6. The third-order valence-electron chi connectivity index (χ3n) is 4.19. The van der Waals surface area contributed by atoms with Crippen molar-refractivity contribution in [2.75, 3.05) is 5.73 Å². The molecular weight excluding hydrogens is 256 g/mol. The van der Waals surface area contributed by atoms with Gasteiger partial charge < -0.3 is 20.4 Å². The van der Waals surface area contributed by atoms with Crippen molar-refractivity contribution in [3.63, 3.8) is 0 Å². The maximum Gasteiger partial charge on any atom is 0.201 e. The highest BCUT2D eigenvalue weighted by Crippen LogP contribution is 2.34. The predicted molar refractivity (Wildman–Crippen MR) is 75.3 cm³/mol. The Morgan fingerprint density at radius 2 is 2.20 bits per heavy atom. The molecule has 0 aliphatic carbocycles. The van der Waals surface area contributed by atoms with E-state index in [1.54, 1.807) is 0 Å². The van der Waals surface area contributed by atoms with Crippen LogP contribution in [0.2, 0.25) is 0 Å². The van der Waals surface area contributed by atoms with Gasteiger partial charge in [-0.3, -0.25) is 0 Å². The molecular formula is C13H16N6O. The predicted octanol–water partition coefficient (Wildman–Crippen LogP) is 0.895. The number of nitrogens with one attached hydrogen (secondary N) is 1. The van der Waals surface area contributed by atoms with Crippen molar-refractivity contribution in [2.45, 2.75) is 38.8 Å². The highest BCUT2D eigenvalue weighted by Gasteiger charge is 2.31. The first-order valence-electron chi connectivity index (χ1n) is 6.68. The van der Waals surface area contributed by atoms with Crippen LogP contribution in [0.3, 0.4) is 0 Å². The van der Waals surface area contributed by atoms with E-state index >= 15 is 0 Å². The van der Waals surface area contributed by atoms with Crippen LogP contribution in [0, 0.1) is 6.92 Å². The number of nitrogens with zero attached hydrogens (tertiary/aromatic N) is 4. The van der Waals surface area contributed by atoms with Crippen molar-refractivity contribution in [1.82, 2.24) is 24.7 Å². The fourth-order valence-electron chi connectivity index (χ4n) is 3.16. The lowest BCUT2D eigenvalue weighted by Gasteiger charge is -2.33. The number of nitrogen functional groups attached to an aromatic ring is 1. The molecule has 104 valence electrons. The van der Waals surface area contributed by atoms with E-state index in [0.29, 0.717) is 18.1 Å². The number of hydrogen-bond donors (Lipinski definition) is 3. The Morgan fingerprint density at radius 3 is 3.00 bits per heavy atom. The van der Waals surface area contributed by atoms with Gasteiger partial charge in [-0.05, 0) is 32.3 Å². The van der Waals surface area contributed by atoms with Crippen molar-refractivity contribution in [3.05, 3.63) is 11.3 Å². The molecule has 4 N–H and O–H groups in total.